The zero-order valence-electron chi connectivity index (χ0n) is 7.23. The second-order valence-corrected chi connectivity index (χ2v) is 2.33. The molecule has 1 amide bonds. The van der Waals surface area contributed by atoms with Gasteiger partial charge in [0.15, 0.2) is 5.69 Å². The van der Waals surface area contributed by atoms with Gasteiger partial charge in [0.05, 0.1) is 0 Å². The highest BCUT2D eigenvalue weighted by molar-refractivity contribution is 6.02. The lowest BCUT2D eigenvalue weighted by Crippen LogP contribution is -2.17. The smallest absolute Gasteiger partial charge is 0.344 e. The molecule has 0 atom stereocenters. The van der Waals surface area contributed by atoms with Gasteiger partial charge >= 0.3 is 5.97 Å². The minimum Gasteiger partial charge on any atom is -0.458 e. The standard InChI is InChI=1S/C8H8N2O4/c1-2-3-13-8(12)5-4-14-10-6(5)7(9)11/h2,4H,1,3H2,(H2,9,11). The quantitative estimate of drug-likeness (QED) is 0.544. The van der Waals surface area contributed by atoms with E-state index in [4.69, 9.17) is 5.73 Å². The molecule has 0 fully saturated rings. The molecule has 1 rings (SSSR count). The van der Waals surface area contributed by atoms with Gasteiger partial charge in [-0.05, 0) is 0 Å². The summed E-state index contributed by atoms with van der Waals surface area (Å²) in [6, 6.07) is 0. The molecular formula is C8H8N2O4. The average Bonchev–Trinajstić information content (AvgIpc) is 2.62. The van der Waals surface area contributed by atoms with Gasteiger partial charge in [-0.2, -0.15) is 0 Å². The third kappa shape index (κ3) is 1.98. The van der Waals surface area contributed by atoms with Crippen LogP contribution in [0, 0.1) is 0 Å². The van der Waals surface area contributed by atoms with E-state index >= 15 is 0 Å². The molecule has 0 saturated heterocycles. The van der Waals surface area contributed by atoms with E-state index in [1.165, 1.54) is 6.08 Å². The zero-order chi connectivity index (χ0) is 10.6. The average molecular weight is 196 g/mol. The maximum absolute atomic E-state index is 11.2. The summed E-state index contributed by atoms with van der Waals surface area (Å²) in [5.41, 5.74) is 4.62. The summed E-state index contributed by atoms with van der Waals surface area (Å²) >= 11 is 0. The van der Waals surface area contributed by atoms with Gasteiger partial charge in [-0.25, -0.2) is 4.79 Å². The number of primary amides is 1. The van der Waals surface area contributed by atoms with Gasteiger partial charge in [0.1, 0.15) is 18.4 Å². The molecule has 0 aliphatic heterocycles. The predicted octanol–water partition coefficient (Wildman–Crippen LogP) is 0.116. The van der Waals surface area contributed by atoms with E-state index < -0.39 is 11.9 Å². The molecule has 0 aliphatic carbocycles. The van der Waals surface area contributed by atoms with Crippen molar-refractivity contribution >= 4 is 11.9 Å². The Kier molecular flexibility index (Phi) is 3.01. The molecule has 14 heavy (non-hydrogen) atoms. The van der Waals surface area contributed by atoms with Crippen molar-refractivity contribution in [2.45, 2.75) is 0 Å². The van der Waals surface area contributed by atoms with Crippen molar-refractivity contribution < 1.29 is 18.8 Å². The Balaban J connectivity index is 2.84. The Labute approximate surface area is 79.3 Å². The van der Waals surface area contributed by atoms with Gasteiger partial charge in [0.2, 0.25) is 0 Å². The molecule has 0 spiro atoms. The molecule has 2 N–H and O–H groups in total. The molecule has 1 aromatic rings. The molecule has 1 heterocycles. The van der Waals surface area contributed by atoms with Crippen LogP contribution in [0.3, 0.4) is 0 Å². The van der Waals surface area contributed by atoms with Crippen LogP contribution >= 0.6 is 0 Å². The van der Waals surface area contributed by atoms with Crippen molar-refractivity contribution in [3.05, 3.63) is 30.2 Å². The summed E-state index contributed by atoms with van der Waals surface area (Å²) < 4.78 is 9.09. The maximum Gasteiger partial charge on any atom is 0.344 e. The summed E-state index contributed by atoms with van der Waals surface area (Å²) in [4.78, 5) is 21.9. The Morgan fingerprint density at radius 2 is 2.43 bits per heavy atom. The molecule has 6 nitrogen and oxygen atoms in total. The first-order valence-corrected chi connectivity index (χ1v) is 3.69. The van der Waals surface area contributed by atoms with E-state index in [0.717, 1.165) is 6.26 Å². The predicted molar refractivity (Wildman–Crippen MR) is 45.5 cm³/mol. The highest BCUT2D eigenvalue weighted by Crippen LogP contribution is 2.07. The van der Waals surface area contributed by atoms with E-state index in [-0.39, 0.29) is 17.9 Å². The Morgan fingerprint density at radius 3 is 3.00 bits per heavy atom. The number of esters is 1. The molecule has 6 heteroatoms. The maximum atomic E-state index is 11.2. The summed E-state index contributed by atoms with van der Waals surface area (Å²) in [5.74, 6) is -1.57. The number of hydrogen-bond donors (Lipinski definition) is 1. The third-order valence-electron chi connectivity index (χ3n) is 1.36. The Bertz CT molecular complexity index is 369. The number of nitrogens with two attached hydrogens (primary N) is 1. The van der Waals surface area contributed by atoms with Crippen LogP contribution in [0.4, 0.5) is 0 Å². The van der Waals surface area contributed by atoms with E-state index in [1.807, 2.05) is 0 Å². The third-order valence-corrected chi connectivity index (χ3v) is 1.36. The van der Waals surface area contributed by atoms with Gasteiger partial charge in [-0.15, -0.1) is 0 Å². The van der Waals surface area contributed by atoms with Gasteiger partial charge in [-0.3, -0.25) is 4.79 Å². The van der Waals surface area contributed by atoms with E-state index in [9.17, 15) is 9.59 Å². The van der Waals surface area contributed by atoms with Crippen LogP contribution in [-0.4, -0.2) is 23.6 Å². The minimum absolute atomic E-state index is 0.0439. The van der Waals surface area contributed by atoms with Crippen LogP contribution in [0.15, 0.2) is 23.4 Å². The van der Waals surface area contributed by atoms with E-state index in [0.29, 0.717) is 0 Å². The van der Waals surface area contributed by atoms with Crippen LogP contribution < -0.4 is 5.73 Å². The SMILES string of the molecule is C=CCOC(=O)c1conc1C(N)=O. The first-order valence-electron chi connectivity index (χ1n) is 3.69. The fraction of sp³-hybridized carbons (Fsp3) is 0.125. The molecule has 0 aromatic carbocycles. The molecule has 0 unspecified atom stereocenters. The number of rotatable bonds is 4. The van der Waals surface area contributed by atoms with Crippen molar-refractivity contribution in [2.75, 3.05) is 6.61 Å². The molecular weight excluding hydrogens is 188 g/mol. The summed E-state index contributed by atoms with van der Waals surface area (Å²) in [6.45, 7) is 3.41. The monoisotopic (exact) mass is 196 g/mol. The van der Waals surface area contributed by atoms with Crippen molar-refractivity contribution in [3.8, 4) is 0 Å². The highest BCUT2D eigenvalue weighted by atomic mass is 16.5. The summed E-state index contributed by atoms with van der Waals surface area (Å²) in [7, 11) is 0. The lowest BCUT2D eigenvalue weighted by atomic mass is 10.2. The number of ether oxygens (including phenoxy) is 1. The van der Waals surface area contributed by atoms with Gasteiger partial charge in [0, 0.05) is 0 Å². The number of amides is 1. The number of nitrogens with zero attached hydrogens (tertiary/aromatic N) is 1. The molecule has 74 valence electrons. The molecule has 0 bridgehead atoms. The van der Waals surface area contributed by atoms with Crippen LogP contribution in [0.2, 0.25) is 0 Å². The Hall–Kier alpha value is -2.11. The van der Waals surface area contributed by atoms with Crippen molar-refractivity contribution in [1.82, 2.24) is 5.16 Å². The highest BCUT2D eigenvalue weighted by Gasteiger charge is 2.20. The lowest BCUT2D eigenvalue weighted by Gasteiger charge is -1.98. The van der Waals surface area contributed by atoms with E-state index in [1.54, 1.807) is 0 Å². The number of carbonyl (C=O) groups is 2. The molecule has 0 aliphatic rings. The van der Waals surface area contributed by atoms with Gasteiger partial charge < -0.3 is 15.0 Å². The van der Waals surface area contributed by atoms with E-state index in [2.05, 4.69) is 21.0 Å². The van der Waals surface area contributed by atoms with Crippen molar-refractivity contribution in [1.29, 1.82) is 0 Å². The topological polar surface area (TPSA) is 95.4 Å². The molecule has 0 radical (unpaired) electrons. The number of aromatic nitrogens is 1. The van der Waals surface area contributed by atoms with Crippen molar-refractivity contribution in [3.63, 3.8) is 0 Å². The van der Waals surface area contributed by atoms with Crippen LogP contribution in [0.1, 0.15) is 20.8 Å². The number of carbonyl (C=O) groups excluding carboxylic acids is 2. The number of hydrogen-bond acceptors (Lipinski definition) is 5. The fourth-order valence-corrected chi connectivity index (χ4v) is 0.772. The fourth-order valence-electron chi connectivity index (χ4n) is 0.772. The van der Waals surface area contributed by atoms with Crippen LogP contribution in [0.5, 0.6) is 0 Å². The molecule has 0 saturated carbocycles. The minimum atomic E-state index is -0.843. The first kappa shape index (κ1) is 9.97. The second kappa shape index (κ2) is 4.22. The molecule has 1 aromatic heterocycles. The lowest BCUT2D eigenvalue weighted by molar-refractivity contribution is 0.0546. The normalized spacial score (nSPS) is 9.43. The zero-order valence-corrected chi connectivity index (χ0v) is 7.23. The largest absolute Gasteiger partial charge is 0.458 e. The van der Waals surface area contributed by atoms with Gasteiger partial charge in [-0.1, -0.05) is 17.8 Å². The Morgan fingerprint density at radius 1 is 1.71 bits per heavy atom. The summed E-state index contributed by atoms with van der Waals surface area (Å²) in [5, 5.41) is 3.27. The van der Waals surface area contributed by atoms with Crippen LogP contribution in [0.25, 0.3) is 0 Å². The van der Waals surface area contributed by atoms with Gasteiger partial charge in [0.25, 0.3) is 5.91 Å². The summed E-state index contributed by atoms with van der Waals surface area (Å²) in [6.07, 6.45) is 2.40. The van der Waals surface area contributed by atoms with Crippen molar-refractivity contribution in [2.24, 2.45) is 5.73 Å². The first-order chi connectivity index (χ1) is 6.66. The van der Waals surface area contributed by atoms with Crippen LogP contribution in [-0.2, 0) is 4.74 Å². The second-order valence-electron chi connectivity index (χ2n) is 2.33.